The Labute approximate surface area is 142 Å². The van der Waals surface area contributed by atoms with E-state index in [1.54, 1.807) is 24.3 Å². The van der Waals surface area contributed by atoms with Gasteiger partial charge in [-0.25, -0.2) is 13.4 Å². The fraction of sp³-hybridized carbons (Fsp3) is 0. The highest BCUT2D eigenvalue weighted by Gasteiger charge is 2.14. The largest absolute Gasteiger partial charge is 0.375 e. The van der Waals surface area contributed by atoms with E-state index in [4.69, 9.17) is 17.3 Å². The molecule has 0 spiro atoms. The summed E-state index contributed by atoms with van der Waals surface area (Å²) < 4.78 is 27.1. The van der Waals surface area contributed by atoms with Crippen molar-refractivity contribution in [3.63, 3.8) is 0 Å². The molecule has 8 heteroatoms. The van der Waals surface area contributed by atoms with Crippen LogP contribution in [0.2, 0.25) is 5.02 Å². The van der Waals surface area contributed by atoms with Gasteiger partial charge in [0, 0.05) is 21.7 Å². The van der Waals surface area contributed by atoms with Crippen LogP contribution in [0.15, 0.2) is 58.8 Å². The Balaban J connectivity index is 1.81. The summed E-state index contributed by atoms with van der Waals surface area (Å²) in [5.74, 6) is 0. The summed E-state index contributed by atoms with van der Waals surface area (Å²) in [7, 11) is -3.65. The van der Waals surface area contributed by atoms with Gasteiger partial charge in [-0.05, 0) is 36.4 Å². The molecule has 0 aliphatic carbocycles. The Bertz CT molecular complexity index is 920. The van der Waals surface area contributed by atoms with Crippen molar-refractivity contribution < 1.29 is 8.42 Å². The molecule has 0 atom stereocenters. The number of nitrogens with two attached hydrogens (primary N) is 1. The van der Waals surface area contributed by atoms with Crippen LogP contribution >= 0.6 is 22.9 Å². The van der Waals surface area contributed by atoms with E-state index in [2.05, 4.69) is 9.71 Å². The maximum Gasteiger partial charge on any atom is 0.261 e. The molecule has 0 saturated carbocycles. The molecular weight excluding hydrogens is 354 g/mol. The van der Waals surface area contributed by atoms with Crippen molar-refractivity contribution in [2.24, 2.45) is 0 Å². The highest BCUT2D eigenvalue weighted by atomic mass is 35.5. The number of hydrogen-bond acceptors (Lipinski definition) is 5. The quantitative estimate of drug-likeness (QED) is 0.735. The third-order valence-electron chi connectivity index (χ3n) is 3.08. The molecule has 23 heavy (non-hydrogen) atoms. The van der Waals surface area contributed by atoms with Gasteiger partial charge in [0.25, 0.3) is 10.0 Å². The Morgan fingerprint density at radius 2 is 1.70 bits per heavy atom. The third-order valence-corrected chi connectivity index (χ3v) is 5.40. The first kappa shape index (κ1) is 15.8. The van der Waals surface area contributed by atoms with Crippen LogP contribution in [-0.2, 0) is 10.0 Å². The molecule has 0 saturated heterocycles. The number of hydrogen-bond donors (Lipinski definition) is 2. The maximum atomic E-state index is 12.3. The summed E-state index contributed by atoms with van der Waals surface area (Å²) >= 11 is 7.13. The Morgan fingerprint density at radius 1 is 1.04 bits per heavy atom. The molecule has 0 bridgehead atoms. The number of halogens is 1. The van der Waals surface area contributed by atoms with E-state index in [0.29, 0.717) is 15.8 Å². The van der Waals surface area contributed by atoms with Crippen molar-refractivity contribution in [2.45, 2.75) is 4.90 Å². The maximum absolute atomic E-state index is 12.3. The molecule has 3 N–H and O–H groups in total. The lowest BCUT2D eigenvalue weighted by atomic mass is 10.1. The molecule has 3 aromatic rings. The number of sulfonamides is 1. The smallest absolute Gasteiger partial charge is 0.261 e. The van der Waals surface area contributed by atoms with Crippen LogP contribution in [0.3, 0.4) is 0 Å². The number of rotatable bonds is 4. The van der Waals surface area contributed by atoms with E-state index in [1.807, 2.05) is 5.38 Å². The Hall–Kier alpha value is -2.09. The highest BCUT2D eigenvalue weighted by Crippen LogP contribution is 2.25. The van der Waals surface area contributed by atoms with Gasteiger partial charge in [-0.15, -0.1) is 11.3 Å². The van der Waals surface area contributed by atoms with Crippen molar-refractivity contribution in [3.8, 4) is 11.3 Å². The van der Waals surface area contributed by atoms with Crippen molar-refractivity contribution >= 4 is 43.8 Å². The minimum Gasteiger partial charge on any atom is -0.375 e. The zero-order valence-electron chi connectivity index (χ0n) is 11.7. The zero-order valence-corrected chi connectivity index (χ0v) is 14.1. The first-order chi connectivity index (χ1) is 10.9. The first-order valence-corrected chi connectivity index (χ1v) is 9.28. The van der Waals surface area contributed by atoms with E-state index in [1.165, 1.54) is 35.6 Å². The predicted octanol–water partition coefficient (Wildman–Crippen LogP) is 3.85. The predicted molar refractivity (Wildman–Crippen MR) is 94.2 cm³/mol. The average Bonchev–Trinajstić information content (AvgIpc) is 2.95. The highest BCUT2D eigenvalue weighted by molar-refractivity contribution is 7.92. The molecule has 0 aliphatic rings. The van der Waals surface area contributed by atoms with Crippen molar-refractivity contribution in [1.29, 1.82) is 0 Å². The van der Waals surface area contributed by atoms with E-state index in [0.717, 1.165) is 11.3 Å². The molecule has 0 unspecified atom stereocenters. The van der Waals surface area contributed by atoms with Gasteiger partial charge in [0.15, 0.2) is 5.13 Å². The monoisotopic (exact) mass is 365 g/mol. The van der Waals surface area contributed by atoms with E-state index in [9.17, 15) is 8.42 Å². The normalized spacial score (nSPS) is 11.3. The SMILES string of the molecule is Nc1nc(-c2ccc(NS(=O)(=O)c3ccc(Cl)cc3)cc2)cs1. The average molecular weight is 366 g/mol. The van der Waals surface area contributed by atoms with Gasteiger partial charge in [0.05, 0.1) is 10.6 Å². The van der Waals surface area contributed by atoms with Gasteiger partial charge in [-0.2, -0.15) is 0 Å². The molecule has 1 heterocycles. The van der Waals surface area contributed by atoms with Gasteiger partial charge in [-0.3, -0.25) is 4.72 Å². The van der Waals surface area contributed by atoms with Crippen molar-refractivity contribution in [2.75, 3.05) is 10.5 Å². The van der Waals surface area contributed by atoms with Crippen LogP contribution < -0.4 is 10.5 Å². The van der Waals surface area contributed by atoms with Crippen molar-refractivity contribution in [3.05, 3.63) is 58.9 Å². The molecule has 0 radical (unpaired) electrons. The summed E-state index contributed by atoms with van der Waals surface area (Å²) in [5.41, 5.74) is 7.71. The second kappa shape index (κ2) is 6.19. The Morgan fingerprint density at radius 3 is 2.26 bits per heavy atom. The summed E-state index contributed by atoms with van der Waals surface area (Å²) in [6.45, 7) is 0. The topological polar surface area (TPSA) is 85.1 Å². The second-order valence-electron chi connectivity index (χ2n) is 4.71. The zero-order chi connectivity index (χ0) is 16.4. The van der Waals surface area contributed by atoms with E-state index >= 15 is 0 Å². The Kier molecular flexibility index (Phi) is 4.25. The number of thiazole rings is 1. The molecule has 0 amide bonds. The lowest BCUT2D eigenvalue weighted by Gasteiger charge is -2.08. The lowest BCUT2D eigenvalue weighted by molar-refractivity contribution is 0.601. The van der Waals surface area contributed by atoms with Crippen LogP contribution in [0.5, 0.6) is 0 Å². The van der Waals surface area contributed by atoms with Gasteiger partial charge >= 0.3 is 0 Å². The summed E-state index contributed by atoms with van der Waals surface area (Å²) in [6, 6.07) is 12.9. The number of aromatic nitrogens is 1. The molecule has 5 nitrogen and oxygen atoms in total. The van der Waals surface area contributed by atoms with Crippen LogP contribution in [0.1, 0.15) is 0 Å². The minimum atomic E-state index is -3.65. The number of benzene rings is 2. The minimum absolute atomic E-state index is 0.151. The molecule has 3 rings (SSSR count). The van der Waals surface area contributed by atoms with Crippen LogP contribution in [-0.4, -0.2) is 13.4 Å². The molecule has 1 aromatic heterocycles. The molecule has 0 fully saturated rings. The van der Waals surface area contributed by atoms with Gasteiger partial charge in [0.2, 0.25) is 0 Å². The standard InChI is InChI=1S/C15H12ClN3O2S2/c16-11-3-7-13(8-4-11)23(20,21)19-12-5-1-10(2-6-12)14-9-22-15(17)18-14/h1-9,19H,(H2,17,18). The van der Waals surface area contributed by atoms with Gasteiger partial charge in [-0.1, -0.05) is 23.7 Å². The molecular formula is C15H12ClN3O2S2. The van der Waals surface area contributed by atoms with E-state index in [-0.39, 0.29) is 4.90 Å². The molecule has 0 aliphatic heterocycles. The fourth-order valence-corrected chi connectivity index (χ4v) is 3.71. The summed E-state index contributed by atoms with van der Waals surface area (Å²) in [6.07, 6.45) is 0. The van der Waals surface area contributed by atoms with Gasteiger partial charge in [0.1, 0.15) is 0 Å². The third kappa shape index (κ3) is 3.64. The van der Waals surface area contributed by atoms with E-state index < -0.39 is 10.0 Å². The van der Waals surface area contributed by atoms with Crippen LogP contribution in [0.25, 0.3) is 11.3 Å². The number of nitrogens with zero attached hydrogens (tertiary/aromatic N) is 1. The first-order valence-electron chi connectivity index (χ1n) is 6.54. The lowest BCUT2D eigenvalue weighted by Crippen LogP contribution is -2.12. The van der Waals surface area contributed by atoms with Crippen molar-refractivity contribution in [1.82, 2.24) is 4.98 Å². The fourth-order valence-electron chi connectivity index (χ4n) is 1.96. The van der Waals surface area contributed by atoms with Crippen LogP contribution in [0.4, 0.5) is 10.8 Å². The number of anilines is 2. The van der Waals surface area contributed by atoms with Gasteiger partial charge < -0.3 is 5.73 Å². The number of nitrogens with one attached hydrogen (secondary N) is 1. The number of nitrogen functional groups attached to an aromatic ring is 1. The summed E-state index contributed by atoms with van der Waals surface area (Å²) in [5, 5.41) is 2.82. The van der Waals surface area contributed by atoms with Crippen LogP contribution in [0, 0.1) is 0 Å². The molecule has 118 valence electrons. The summed E-state index contributed by atoms with van der Waals surface area (Å²) in [4.78, 5) is 4.34. The molecule has 2 aromatic carbocycles. The second-order valence-corrected chi connectivity index (χ2v) is 7.72.